The van der Waals surface area contributed by atoms with Gasteiger partial charge < -0.3 is 21.1 Å². The molecule has 0 unspecified atom stereocenters. The number of pyridine rings is 1. The Labute approximate surface area is 269 Å². The van der Waals surface area contributed by atoms with E-state index in [1.54, 1.807) is 25.3 Å². The van der Waals surface area contributed by atoms with Crippen LogP contribution in [0.25, 0.3) is 11.3 Å². The van der Waals surface area contributed by atoms with E-state index in [1.807, 2.05) is 114 Å². The number of carbonyl (C=O) groups is 2. The van der Waals surface area contributed by atoms with Crippen LogP contribution in [0.1, 0.15) is 52.7 Å². The number of aliphatic hydroxyl groups is 1. The average molecular weight is 617 g/mol. The van der Waals surface area contributed by atoms with Gasteiger partial charge in [-0.1, -0.05) is 102 Å². The van der Waals surface area contributed by atoms with E-state index in [0.717, 1.165) is 22.4 Å². The lowest BCUT2D eigenvalue weighted by Crippen LogP contribution is -2.59. The molecule has 45 heavy (non-hydrogen) atoms. The fraction of sp³-hybridized carbons (Fsp3) is 0.472. The molecule has 3 rings (SSSR count). The second-order valence-corrected chi connectivity index (χ2v) is 13.8. The summed E-state index contributed by atoms with van der Waals surface area (Å²) < 4.78 is 0. The molecule has 0 aliphatic heterocycles. The summed E-state index contributed by atoms with van der Waals surface area (Å²) in [5.74, 6) is -0.386. The van der Waals surface area contributed by atoms with Crippen LogP contribution in [0.4, 0.5) is 0 Å². The second-order valence-electron chi connectivity index (χ2n) is 13.8. The monoisotopic (exact) mass is 616 g/mol. The van der Waals surface area contributed by atoms with Crippen molar-refractivity contribution >= 4 is 11.8 Å². The van der Waals surface area contributed by atoms with E-state index >= 15 is 0 Å². The molecule has 0 saturated heterocycles. The molecular weight excluding hydrogens is 564 g/mol. The molecule has 0 aliphatic carbocycles. The van der Waals surface area contributed by atoms with Crippen LogP contribution in [0.2, 0.25) is 0 Å². The van der Waals surface area contributed by atoms with Gasteiger partial charge in [-0.2, -0.15) is 0 Å². The van der Waals surface area contributed by atoms with Crippen molar-refractivity contribution in [2.24, 2.45) is 10.8 Å². The lowest BCUT2D eigenvalue weighted by Gasteiger charge is -2.35. The van der Waals surface area contributed by atoms with E-state index < -0.39 is 24.2 Å². The number of hydrogen-bond donors (Lipinski definition) is 5. The van der Waals surface area contributed by atoms with Crippen LogP contribution in [0.3, 0.4) is 0 Å². The summed E-state index contributed by atoms with van der Waals surface area (Å²) >= 11 is 0. The topological polar surface area (TPSA) is 119 Å². The Balaban J connectivity index is 1.89. The van der Waals surface area contributed by atoms with E-state index in [0.29, 0.717) is 13.0 Å². The molecule has 9 nitrogen and oxygen atoms in total. The van der Waals surface area contributed by atoms with E-state index in [2.05, 4.69) is 26.4 Å². The summed E-state index contributed by atoms with van der Waals surface area (Å²) in [4.78, 5) is 31.5. The summed E-state index contributed by atoms with van der Waals surface area (Å²) in [7, 11) is 3.53. The van der Waals surface area contributed by atoms with Crippen LogP contribution in [-0.2, 0) is 22.6 Å². The Morgan fingerprint density at radius 3 is 1.89 bits per heavy atom. The molecule has 0 saturated carbocycles. The highest BCUT2D eigenvalue weighted by molar-refractivity contribution is 5.83. The number of amides is 2. The van der Waals surface area contributed by atoms with Gasteiger partial charge in [-0.25, -0.2) is 5.01 Å². The Bertz CT molecular complexity index is 1340. The predicted octanol–water partition coefficient (Wildman–Crippen LogP) is 3.94. The van der Waals surface area contributed by atoms with Gasteiger partial charge in [0.1, 0.15) is 0 Å². The molecule has 0 spiro atoms. The van der Waals surface area contributed by atoms with E-state index in [-0.39, 0.29) is 29.2 Å². The third kappa shape index (κ3) is 10.7. The SMILES string of the molecule is CN[C@H](C(=O)N[C@@H](Cc1ccccc1)[C@@H](O)CN(Cc1ccc(-c2ccccn2)cc1)NC(=O)[C@@H](NC)C(C)(C)C)C(C)(C)C. The Kier molecular flexibility index (Phi) is 12.8. The van der Waals surface area contributed by atoms with E-state index in [4.69, 9.17) is 0 Å². The third-order valence-electron chi connectivity index (χ3n) is 7.89. The lowest BCUT2D eigenvalue weighted by molar-refractivity contribution is -0.132. The van der Waals surface area contributed by atoms with E-state index in [9.17, 15) is 14.7 Å². The smallest absolute Gasteiger partial charge is 0.251 e. The van der Waals surface area contributed by atoms with Crippen LogP contribution in [0.5, 0.6) is 0 Å². The number of nitrogens with one attached hydrogen (secondary N) is 4. The number of benzene rings is 2. The van der Waals surface area contributed by atoms with Crippen LogP contribution < -0.4 is 21.4 Å². The van der Waals surface area contributed by atoms with Crippen LogP contribution in [0, 0.1) is 10.8 Å². The first-order chi connectivity index (χ1) is 21.2. The minimum Gasteiger partial charge on any atom is -0.390 e. The first-order valence-electron chi connectivity index (χ1n) is 15.7. The molecule has 1 heterocycles. The van der Waals surface area contributed by atoms with E-state index in [1.165, 1.54) is 0 Å². The quantitative estimate of drug-likeness (QED) is 0.174. The molecule has 0 fully saturated rings. The summed E-state index contributed by atoms with van der Waals surface area (Å²) in [5, 5.41) is 22.9. The summed E-state index contributed by atoms with van der Waals surface area (Å²) in [5.41, 5.74) is 6.19. The number of aliphatic hydroxyl groups excluding tert-OH is 1. The zero-order valence-corrected chi connectivity index (χ0v) is 28.1. The maximum absolute atomic E-state index is 13.5. The number of aromatic nitrogens is 1. The Morgan fingerprint density at radius 1 is 0.778 bits per heavy atom. The first kappa shape index (κ1) is 35.8. The lowest BCUT2D eigenvalue weighted by atomic mass is 9.86. The van der Waals surface area contributed by atoms with Crippen LogP contribution >= 0.6 is 0 Å². The fourth-order valence-electron chi connectivity index (χ4n) is 5.59. The number of likely N-dealkylation sites (N-methyl/N-ethyl adjacent to an activating group) is 2. The standard InChI is InChI=1S/C36H52N6O3/c1-35(2,3)31(37-7)33(44)40-29(22-25-14-10-9-11-15-25)30(43)24-42(41-34(45)32(38-8)36(4,5)6)23-26-17-19-27(20-18-26)28-16-12-13-21-39-28/h9-21,29-32,37-38,43H,22-24H2,1-8H3,(H,40,44)(H,41,45)/t29-,30-,31+,32+/m0/s1. The van der Waals surface area contributed by atoms with Crippen LogP contribution in [0.15, 0.2) is 79.0 Å². The molecule has 0 bridgehead atoms. The maximum atomic E-state index is 13.5. The third-order valence-corrected chi connectivity index (χ3v) is 7.89. The van der Waals surface area contributed by atoms with Crippen molar-refractivity contribution < 1.29 is 14.7 Å². The molecule has 0 aliphatic rings. The number of carbonyl (C=O) groups excluding carboxylic acids is 2. The minimum absolute atomic E-state index is 0.0891. The van der Waals surface area contributed by atoms with Crippen molar-refractivity contribution in [1.29, 1.82) is 0 Å². The van der Waals surface area contributed by atoms with Crippen molar-refractivity contribution in [2.75, 3.05) is 20.6 Å². The molecule has 2 aromatic carbocycles. The zero-order valence-electron chi connectivity index (χ0n) is 28.1. The van der Waals surface area contributed by atoms with Gasteiger partial charge in [0, 0.05) is 24.8 Å². The fourth-order valence-corrected chi connectivity index (χ4v) is 5.59. The van der Waals surface area contributed by atoms with Crippen molar-refractivity contribution in [2.45, 2.75) is 78.7 Å². The van der Waals surface area contributed by atoms with Crippen molar-refractivity contribution in [1.82, 2.24) is 31.4 Å². The molecule has 2 amide bonds. The van der Waals surface area contributed by atoms with Gasteiger partial charge in [0.2, 0.25) is 5.91 Å². The minimum atomic E-state index is -0.998. The van der Waals surface area contributed by atoms with Gasteiger partial charge >= 0.3 is 0 Å². The largest absolute Gasteiger partial charge is 0.390 e. The van der Waals surface area contributed by atoms with Gasteiger partial charge in [-0.05, 0) is 54.6 Å². The molecular formula is C36H52N6O3. The van der Waals surface area contributed by atoms with Gasteiger partial charge in [-0.15, -0.1) is 0 Å². The molecule has 9 heteroatoms. The summed E-state index contributed by atoms with van der Waals surface area (Å²) in [6.07, 6.45) is 1.19. The summed E-state index contributed by atoms with van der Waals surface area (Å²) in [6.45, 7) is 12.4. The normalized spacial score (nSPS) is 14.8. The highest BCUT2D eigenvalue weighted by Gasteiger charge is 2.34. The number of rotatable bonds is 14. The molecule has 5 N–H and O–H groups in total. The first-order valence-corrected chi connectivity index (χ1v) is 15.7. The molecule has 4 atom stereocenters. The molecule has 1 aromatic heterocycles. The maximum Gasteiger partial charge on any atom is 0.251 e. The van der Waals surface area contributed by atoms with Gasteiger partial charge in [0.15, 0.2) is 0 Å². The number of nitrogens with zero attached hydrogens (tertiary/aromatic N) is 2. The van der Waals surface area contributed by atoms with Gasteiger partial charge in [-0.3, -0.25) is 20.0 Å². The van der Waals surface area contributed by atoms with Crippen molar-refractivity contribution in [3.05, 3.63) is 90.1 Å². The second kappa shape index (κ2) is 16.1. The molecule has 0 radical (unpaired) electrons. The number of hydrogen-bond acceptors (Lipinski definition) is 7. The number of hydrazine groups is 1. The highest BCUT2D eigenvalue weighted by atomic mass is 16.3. The molecule has 244 valence electrons. The van der Waals surface area contributed by atoms with Crippen molar-refractivity contribution in [3.8, 4) is 11.3 Å². The van der Waals surface area contributed by atoms with Gasteiger partial charge in [0.25, 0.3) is 5.91 Å². The summed E-state index contributed by atoms with van der Waals surface area (Å²) in [6, 6.07) is 22.1. The zero-order chi connectivity index (χ0) is 33.2. The van der Waals surface area contributed by atoms with Crippen molar-refractivity contribution in [3.63, 3.8) is 0 Å². The highest BCUT2D eigenvalue weighted by Crippen LogP contribution is 2.22. The van der Waals surface area contributed by atoms with Gasteiger partial charge in [0.05, 0.1) is 29.9 Å². The van der Waals surface area contributed by atoms with Crippen LogP contribution in [-0.4, -0.2) is 71.8 Å². The predicted molar refractivity (Wildman–Crippen MR) is 181 cm³/mol. The average Bonchev–Trinajstić information content (AvgIpc) is 2.97. The molecule has 3 aromatic rings. The Hall–Kier alpha value is -3.63. The Morgan fingerprint density at radius 2 is 1.36 bits per heavy atom.